The van der Waals surface area contributed by atoms with Crippen molar-refractivity contribution in [3.63, 3.8) is 0 Å². The van der Waals surface area contributed by atoms with E-state index in [1.807, 2.05) is 6.07 Å². The molecular weight excluding hydrogens is 212 g/mol. The van der Waals surface area contributed by atoms with Crippen LogP contribution >= 0.6 is 0 Å². The molecule has 5 heteroatoms. The smallest absolute Gasteiger partial charge is 0.234 e. The van der Waals surface area contributed by atoms with Gasteiger partial charge in [-0.05, 0) is 31.2 Å². The van der Waals surface area contributed by atoms with Gasteiger partial charge in [-0.2, -0.15) is 5.26 Å². The standard InChI is InChI=1S/C10H12N2O2S/c1-3-15(13,14)12(2)10-6-4-9(8-11)5-7-10/h4-7H,3H2,1-2H3. The number of hydrogen-bond donors (Lipinski definition) is 0. The first-order valence-electron chi connectivity index (χ1n) is 4.48. The summed E-state index contributed by atoms with van der Waals surface area (Å²) in [5, 5.41) is 8.59. The minimum absolute atomic E-state index is 0.0590. The lowest BCUT2D eigenvalue weighted by Crippen LogP contribution is -2.27. The van der Waals surface area contributed by atoms with Crippen LogP contribution in [-0.4, -0.2) is 21.2 Å². The van der Waals surface area contributed by atoms with Crippen LogP contribution in [0.15, 0.2) is 24.3 Å². The molecule has 0 aromatic heterocycles. The highest BCUT2D eigenvalue weighted by Gasteiger charge is 2.15. The van der Waals surface area contributed by atoms with E-state index in [1.54, 1.807) is 31.2 Å². The molecule has 0 aliphatic rings. The van der Waals surface area contributed by atoms with Crippen LogP contribution in [0.3, 0.4) is 0 Å². The van der Waals surface area contributed by atoms with Crippen LogP contribution in [0.1, 0.15) is 12.5 Å². The molecule has 0 bridgehead atoms. The third-order valence-corrected chi connectivity index (χ3v) is 3.92. The first-order chi connectivity index (χ1) is 7.01. The molecule has 4 nitrogen and oxygen atoms in total. The molecule has 0 saturated heterocycles. The zero-order valence-corrected chi connectivity index (χ0v) is 9.45. The van der Waals surface area contributed by atoms with Crippen molar-refractivity contribution < 1.29 is 8.42 Å². The number of benzene rings is 1. The third-order valence-electron chi connectivity index (χ3n) is 2.14. The van der Waals surface area contributed by atoms with Crippen LogP contribution in [0, 0.1) is 11.3 Å². The lowest BCUT2D eigenvalue weighted by atomic mass is 10.2. The molecule has 0 spiro atoms. The fraction of sp³-hybridized carbons (Fsp3) is 0.300. The maximum absolute atomic E-state index is 11.5. The highest BCUT2D eigenvalue weighted by molar-refractivity contribution is 7.92. The van der Waals surface area contributed by atoms with Gasteiger partial charge in [0.25, 0.3) is 0 Å². The molecule has 0 saturated carbocycles. The summed E-state index contributed by atoms with van der Waals surface area (Å²) in [4.78, 5) is 0. The van der Waals surface area contributed by atoms with Crippen molar-refractivity contribution in [1.29, 1.82) is 5.26 Å². The molecule has 0 heterocycles. The Morgan fingerprint density at radius 2 is 1.87 bits per heavy atom. The Balaban J connectivity index is 3.04. The van der Waals surface area contributed by atoms with Gasteiger partial charge in [0.15, 0.2) is 0 Å². The normalized spacial score (nSPS) is 10.7. The Bertz CT molecular complexity index is 471. The topological polar surface area (TPSA) is 61.2 Å². The largest absolute Gasteiger partial charge is 0.273 e. The zero-order chi connectivity index (χ0) is 11.5. The van der Waals surface area contributed by atoms with E-state index >= 15 is 0 Å². The minimum Gasteiger partial charge on any atom is -0.273 e. The van der Waals surface area contributed by atoms with Gasteiger partial charge in [-0.25, -0.2) is 8.42 Å². The molecule has 15 heavy (non-hydrogen) atoms. The summed E-state index contributed by atoms with van der Waals surface area (Å²) < 4.78 is 24.2. The van der Waals surface area contributed by atoms with E-state index in [9.17, 15) is 8.42 Å². The number of hydrogen-bond acceptors (Lipinski definition) is 3. The molecule has 0 aliphatic carbocycles. The molecule has 0 aliphatic heterocycles. The van der Waals surface area contributed by atoms with Crippen molar-refractivity contribution in [1.82, 2.24) is 0 Å². The van der Waals surface area contributed by atoms with Crippen molar-refractivity contribution in [2.45, 2.75) is 6.92 Å². The fourth-order valence-corrected chi connectivity index (χ4v) is 1.93. The fourth-order valence-electron chi connectivity index (χ4n) is 1.10. The van der Waals surface area contributed by atoms with Gasteiger partial charge in [-0.15, -0.1) is 0 Å². The van der Waals surface area contributed by atoms with Crippen LogP contribution in [0.5, 0.6) is 0 Å². The monoisotopic (exact) mass is 224 g/mol. The molecule has 0 radical (unpaired) electrons. The van der Waals surface area contributed by atoms with Crippen LogP contribution in [0.25, 0.3) is 0 Å². The van der Waals surface area contributed by atoms with Crippen LogP contribution in [-0.2, 0) is 10.0 Å². The van der Waals surface area contributed by atoms with E-state index in [0.29, 0.717) is 11.3 Å². The van der Waals surface area contributed by atoms with E-state index < -0.39 is 10.0 Å². The Morgan fingerprint density at radius 3 is 2.27 bits per heavy atom. The summed E-state index contributed by atoms with van der Waals surface area (Å²) in [6, 6.07) is 8.40. The number of rotatable bonds is 3. The summed E-state index contributed by atoms with van der Waals surface area (Å²) in [5.41, 5.74) is 1.08. The molecule has 0 N–H and O–H groups in total. The molecular formula is C10H12N2O2S. The summed E-state index contributed by atoms with van der Waals surface area (Å²) in [7, 11) is -1.72. The second kappa shape index (κ2) is 4.32. The van der Waals surface area contributed by atoms with Gasteiger partial charge in [0.1, 0.15) is 0 Å². The average Bonchev–Trinajstić information content (AvgIpc) is 2.28. The van der Waals surface area contributed by atoms with E-state index in [0.717, 1.165) is 0 Å². The maximum Gasteiger partial charge on any atom is 0.234 e. The summed E-state index contributed by atoms with van der Waals surface area (Å²) in [6.45, 7) is 1.59. The zero-order valence-electron chi connectivity index (χ0n) is 8.64. The number of anilines is 1. The Morgan fingerprint density at radius 1 is 1.33 bits per heavy atom. The molecule has 1 aromatic rings. The van der Waals surface area contributed by atoms with Crippen LogP contribution < -0.4 is 4.31 Å². The van der Waals surface area contributed by atoms with Gasteiger partial charge in [0, 0.05) is 7.05 Å². The predicted octanol–water partition coefficient (Wildman–Crippen LogP) is 1.34. The molecule has 80 valence electrons. The highest BCUT2D eigenvalue weighted by atomic mass is 32.2. The Labute approximate surface area is 89.8 Å². The molecule has 0 fully saturated rings. The number of sulfonamides is 1. The van der Waals surface area contributed by atoms with Gasteiger partial charge in [0.05, 0.1) is 23.1 Å². The van der Waals surface area contributed by atoms with E-state index in [2.05, 4.69) is 0 Å². The lowest BCUT2D eigenvalue weighted by molar-refractivity contribution is 0.595. The van der Waals surface area contributed by atoms with Gasteiger partial charge in [-0.3, -0.25) is 4.31 Å². The highest BCUT2D eigenvalue weighted by Crippen LogP contribution is 2.16. The van der Waals surface area contributed by atoms with Crippen molar-refractivity contribution in [2.24, 2.45) is 0 Å². The summed E-state index contributed by atoms with van der Waals surface area (Å²) >= 11 is 0. The van der Waals surface area contributed by atoms with Crippen molar-refractivity contribution in [3.05, 3.63) is 29.8 Å². The average molecular weight is 224 g/mol. The lowest BCUT2D eigenvalue weighted by Gasteiger charge is -2.18. The predicted molar refractivity (Wildman–Crippen MR) is 59.0 cm³/mol. The van der Waals surface area contributed by atoms with E-state index in [-0.39, 0.29) is 5.75 Å². The minimum atomic E-state index is -3.22. The second-order valence-electron chi connectivity index (χ2n) is 3.03. The van der Waals surface area contributed by atoms with Gasteiger partial charge < -0.3 is 0 Å². The van der Waals surface area contributed by atoms with Gasteiger partial charge >= 0.3 is 0 Å². The molecule has 0 unspecified atom stereocenters. The van der Waals surface area contributed by atoms with E-state index in [4.69, 9.17) is 5.26 Å². The first kappa shape index (κ1) is 11.5. The summed E-state index contributed by atoms with van der Waals surface area (Å²) in [5.74, 6) is 0.0590. The first-order valence-corrected chi connectivity index (χ1v) is 6.09. The van der Waals surface area contributed by atoms with Crippen molar-refractivity contribution in [3.8, 4) is 6.07 Å². The molecule has 0 atom stereocenters. The number of nitrogens with zero attached hydrogens (tertiary/aromatic N) is 2. The Kier molecular flexibility index (Phi) is 3.32. The van der Waals surface area contributed by atoms with Crippen LogP contribution in [0.4, 0.5) is 5.69 Å². The molecule has 1 rings (SSSR count). The molecule has 0 amide bonds. The second-order valence-corrected chi connectivity index (χ2v) is 5.32. The van der Waals surface area contributed by atoms with Crippen molar-refractivity contribution in [2.75, 3.05) is 17.1 Å². The SMILES string of the molecule is CCS(=O)(=O)N(C)c1ccc(C#N)cc1. The summed E-state index contributed by atoms with van der Waals surface area (Å²) in [6.07, 6.45) is 0. The Hall–Kier alpha value is -1.54. The van der Waals surface area contributed by atoms with Crippen LogP contribution in [0.2, 0.25) is 0 Å². The van der Waals surface area contributed by atoms with Crippen molar-refractivity contribution >= 4 is 15.7 Å². The quantitative estimate of drug-likeness (QED) is 0.778. The molecule has 1 aromatic carbocycles. The number of nitriles is 1. The van der Waals surface area contributed by atoms with Gasteiger partial charge in [0.2, 0.25) is 10.0 Å². The third kappa shape index (κ3) is 2.48. The maximum atomic E-state index is 11.5. The van der Waals surface area contributed by atoms with E-state index in [1.165, 1.54) is 11.4 Å². The van der Waals surface area contributed by atoms with Gasteiger partial charge in [-0.1, -0.05) is 0 Å².